The summed E-state index contributed by atoms with van der Waals surface area (Å²) in [5.41, 5.74) is 0.698. The summed E-state index contributed by atoms with van der Waals surface area (Å²) in [5, 5.41) is 14.7. The molecule has 0 atom stereocenters. The third-order valence-corrected chi connectivity index (χ3v) is 2.59. The van der Waals surface area contributed by atoms with Crippen molar-refractivity contribution < 1.29 is 14.5 Å². The average molecular weight is 276 g/mol. The molecule has 0 radical (unpaired) electrons. The molecular formula is C12H12N4O4. The number of carbonyl (C=O) groups excluding carboxylic acids is 1. The van der Waals surface area contributed by atoms with E-state index in [0.717, 1.165) is 6.20 Å². The van der Waals surface area contributed by atoms with Crippen LogP contribution in [0.2, 0.25) is 0 Å². The Balaban J connectivity index is 2.31. The van der Waals surface area contributed by atoms with Gasteiger partial charge in [0.2, 0.25) is 0 Å². The Morgan fingerprint density at radius 1 is 1.50 bits per heavy atom. The SMILES string of the molecule is CCOC(=O)c1cnn(-c2cc(C)c([N+](=O)[O-])cn2)c1. The quantitative estimate of drug-likeness (QED) is 0.478. The van der Waals surface area contributed by atoms with Crippen molar-refractivity contribution in [3.8, 4) is 5.82 Å². The Labute approximate surface area is 114 Å². The summed E-state index contributed by atoms with van der Waals surface area (Å²) in [5.74, 6) is -0.0824. The Morgan fingerprint density at radius 2 is 2.25 bits per heavy atom. The number of hydrogen-bond donors (Lipinski definition) is 0. The van der Waals surface area contributed by atoms with Gasteiger partial charge in [-0.2, -0.15) is 5.10 Å². The number of carbonyl (C=O) groups is 1. The first kappa shape index (κ1) is 13.7. The minimum absolute atomic E-state index is 0.0634. The van der Waals surface area contributed by atoms with Gasteiger partial charge in [-0.25, -0.2) is 14.5 Å². The van der Waals surface area contributed by atoms with Gasteiger partial charge in [-0.15, -0.1) is 0 Å². The third-order valence-electron chi connectivity index (χ3n) is 2.59. The van der Waals surface area contributed by atoms with Gasteiger partial charge < -0.3 is 4.74 Å². The smallest absolute Gasteiger partial charge is 0.341 e. The standard InChI is InChI=1S/C12H12N4O4/c1-3-20-12(17)9-5-14-15(7-9)11-4-8(2)10(6-13-11)16(18)19/h4-7H,3H2,1-2H3. The molecule has 0 spiro atoms. The van der Waals surface area contributed by atoms with Crippen molar-refractivity contribution >= 4 is 11.7 Å². The molecule has 8 heteroatoms. The zero-order chi connectivity index (χ0) is 14.7. The number of nitro groups is 1. The van der Waals surface area contributed by atoms with Crippen LogP contribution in [0, 0.1) is 17.0 Å². The van der Waals surface area contributed by atoms with Crippen molar-refractivity contribution in [1.29, 1.82) is 0 Å². The van der Waals surface area contributed by atoms with Crippen LogP contribution in [0.25, 0.3) is 5.82 Å². The van der Waals surface area contributed by atoms with Crippen LogP contribution in [-0.2, 0) is 4.74 Å². The molecule has 2 rings (SSSR count). The Morgan fingerprint density at radius 3 is 2.85 bits per heavy atom. The summed E-state index contributed by atoms with van der Waals surface area (Å²) in [6, 6.07) is 1.53. The molecule has 0 bridgehead atoms. The molecule has 104 valence electrons. The van der Waals surface area contributed by atoms with Crippen molar-refractivity contribution in [3.63, 3.8) is 0 Å². The lowest BCUT2D eigenvalue weighted by atomic mass is 10.2. The highest BCUT2D eigenvalue weighted by molar-refractivity contribution is 5.88. The van der Waals surface area contributed by atoms with Crippen LogP contribution in [0.3, 0.4) is 0 Å². The summed E-state index contributed by atoms with van der Waals surface area (Å²) in [6.45, 7) is 3.60. The topological polar surface area (TPSA) is 100 Å². The predicted octanol–water partition coefficient (Wildman–Crippen LogP) is 1.66. The van der Waals surface area contributed by atoms with Crippen LogP contribution in [0.15, 0.2) is 24.7 Å². The van der Waals surface area contributed by atoms with E-state index in [1.54, 1.807) is 13.8 Å². The molecule has 0 unspecified atom stereocenters. The van der Waals surface area contributed by atoms with E-state index in [2.05, 4.69) is 10.1 Å². The molecule has 0 saturated heterocycles. The molecule has 8 nitrogen and oxygen atoms in total. The van der Waals surface area contributed by atoms with Crippen LogP contribution in [0.5, 0.6) is 0 Å². The van der Waals surface area contributed by atoms with E-state index in [9.17, 15) is 14.9 Å². The number of aryl methyl sites for hydroxylation is 1. The number of aromatic nitrogens is 3. The minimum atomic E-state index is -0.501. The molecule has 0 fully saturated rings. The lowest BCUT2D eigenvalue weighted by molar-refractivity contribution is -0.385. The molecular weight excluding hydrogens is 264 g/mol. The van der Waals surface area contributed by atoms with Gasteiger partial charge >= 0.3 is 5.97 Å². The van der Waals surface area contributed by atoms with E-state index in [1.807, 2.05) is 0 Å². The summed E-state index contributed by atoms with van der Waals surface area (Å²) in [4.78, 5) is 25.7. The van der Waals surface area contributed by atoms with Gasteiger partial charge in [0.1, 0.15) is 6.20 Å². The number of nitrogens with zero attached hydrogens (tertiary/aromatic N) is 4. The fourth-order valence-electron chi connectivity index (χ4n) is 1.62. The van der Waals surface area contributed by atoms with Gasteiger partial charge in [0.05, 0.1) is 23.3 Å². The molecule has 2 heterocycles. The van der Waals surface area contributed by atoms with Crippen molar-refractivity contribution in [2.24, 2.45) is 0 Å². The summed E-state index contributed by atoms with van der Waals surface area (Å²) in [7, 11) is 0. The number of pyridine rings is 1. The largest absolute Gasteiger partial charge is 0.462 e. The zero-order valence-electron chi connectivity index (χ0n) is 10.9. The van der Waals surface area contributed by atoms with Crippen LogP contribution in [0.4, 0.5) is 5.69 Å². The maximum Gasteiger partial charge on any atom is 0.341 e. The predicted molar refractivity (Wildman–Crippen MR) is 68.7 cm³/mol. The van der Waals surface area contributed by atoms with Gasteiger partial charge in [0.15, 0.2) is 5.82 Å². The molecule has 0 aliphatic carbocycles. The Kier molecular flexibility index (Phi) is 3.74. The summed E-state index contributed by atoms with van der Waals surface area (Å²) < 4.78 is 6.21. The average Bonchev–Trinajstić information content (AvgIpc) is 2.88. The second-order valence-electron chi connectivity index (χ2n) is 3.98. The second kappa shape index (κ2) is 5.47. The third kappa shape index (κ3) is 2.63. The number of rotatable bonds is 4. The highest BCUT2D eigenvalue weighted by atomic mass is 16.6. The fraction of sp³-hybridized carbons (Fsp3) is 0.250. The van der Waals surface area contributed by atoms with Crippen LogP contribution in [-0.4, -0.2) is 32.3 Å². The highest BCUT2D eigenvalue weighted by Gasteiger charge is 2.14. The molecule has 0 N–H and O–H groups in total. The summed E-state index contributed by atoms with van der Waals surface area (Å²) in [6.07, 6.45) is 3.98. The van der Waals surface area contributed by atoms with Gasteiger partial charge in [-0.1, -0.05) is 0 Å². The lowest BCUT2D eigenvalue weighted by Crippen LogP contribution is -2.04. The van der Waals surface area contributed by atoms with Gasteiger partial charge in [-0.05, 0) is 19.9 Å². The molecule has 0 aromatic carbocycles. The monoisotopic (exact) mass is 276 g/mol. The van der Waals surface area contributed by atoms with Crippen LogP contribution in [0.1, 0.15) is 22.8 Å². The fourth-order valence-corrected chi connectivity index (χ4v) is 1.62. The number of ether oxygens (including phenoxy) is 1. The molecule has 0 saturated carbocycles. The summed E-state index contributed by atoms with van der Waals surface area (Å²) >= 11 is 0. The maximum atomic E-state index is 11.5. The number of hydrogen-bond acceptors (Lipinski definition) is 6. The molecule has 20 heavy (non-hydrogen) atoms. The van der Waals surface area contributed by atoms with Crippen LogP contribution < -0.4 is 0 Å². The number of esters is 1. The Bertz CT molecular complexity index is 665. The van der Waals surface area contributed by atoms with E-state index in [4.69, 9.17) is 4.74 Å². The van der Waals surface area contributed by atoms with Crippen molar-refractivity contribution in [3.05, 3.63) is 45.9 Å². The van der Waals surface area contributed by atoms with E-state index >= 15 is 0 Å². The highest BCUT2D eigenvalue weighted by Crippen LogP contribution is 2.18. The van der Waals surface area contributed by atoms with E-state index < -0.39 is 10.9 Å². The van der Waals surface area contributed by atoms with E-state index in [0.29, 0.717) is 16.9 Å². The van der Waals surface area contributed by atoms with E-state index in [-0.39, 0.29) is 12.3 Å². The molecule has 0 aliphatic rings. The molecule has 2 aromatic rings. The first-order valence-corrected chi connectivity index (χ1v) is 5.86. The van der Waals surface area contributed by atoms with Crippen molar-refractivity contribution in [2.75, 3.05) is 6.61 Å². The van der Waals surface area contributed by atoms with Crippen LogP contribution >= 0.6 is 0 Å². The first-order valence-electron chi connectivity index (χ1n) is 5.86. The van der Waals surface area contributed by atoms with E-state index in [1.165, 1.54) is 23.1 Å². The molecule has 2 aromatic heterocycles. The Hall–Kier alpha value is -2.77. The van der Waals surface area contributed by atoms with Crippen molar-refractivity contribution in [1.82, 2.24) is 14.8 Å². The van der Waals surface area contributed by atoms with Gasteiger partial charge in [0.25, 0.3) is 5.69 Å². The minimum Gasteiger partial charge on any atom is -0.462 e. The van der Waals surface area contributed by atoms with Gasteiger partial charge in [0, 0.05) is 11.8 Å². The zero-order valence-corrected chi connectivity index (χ0v) is 10.9. The lowest BCUT2D eigenvalue weighted by Gasteiger charge is -2.02. The normalized spacial score (nSPS) is 10.3. The first-order chi connectivity index (χ1) is 9.52. The molecule has 0 aliphatic heterocycles. The van der Waals surface area contributed by atoms with Gasteiger partial charge in [-0.3, -0.25) is 10.1 Å². The molecule has 0 amide bonds. The second-order valence-corrected chi connectivity index (χ2v) is 3.98. The van der Waals surface area contributed by atoms with Crippen molar-refractivity contribution in [2.45, 2.75) is 13.8 Å². The maximum absolute atomic E-state index is 11.5.